The third kappa shape index (κ3) is 3.61. The number of aliphatic hydroxyl groups is 1. The van der Waals surface area contributed by atoms with Crippen LogP contribution in [-0.4, -0.2) is 27.8 Å². The Kier molecular flexibility index (Phi) is 5.43. The first-order valence-corrected chi connectivity index (χ1v) is 3.53. The molecule has 0 aliphatic rings. The van der Waals surface area contributed by atoms with E-state index in [0.717, 1.165) is 5.56 Å². The van der Waals surface area contributed by atoms with Crippen molar-refractivity contribution in [2.75, 3.05) is 6.61 Å². The SMILES string of the molecule is O=C(O)c1cc(CCO)ccn1.[Zn]. The van der Waals surface area contributed by atoms with Gasteiger partial charge >= 0.3 is 5.97 Å². The standard InChI is InChI=1S/C8H9NO3.Zn/c10-4-2-6-1-3-9-7(5-6)8(11)12;/h1,3,5,10H,2,4H2,(H,11,12);. The van der Waals surface area contributed by atoms with Crippen molar-refractivity contribution >= 4 is 5.97 Å². The number of hydrogen-bond acceptors (Lipinski definition) is 3. The van der Waals surface area contributed by atoms with Gasteiger partial charge in [-0.05, 0) is 24.1 Å². The number of aliphatic hydroxyl groups excluding tert-OH is 1. The van der Waals surface area contributed by atoms with Gasteiger partial charge in [0.15, 0.2) is 0 Å². The van der Waals surface area contributed by atoms with Crippen molar-refractivity contribution in [1.82, 2.24) is 4.98 Å². The summed E-state index contributed by atoms with van der Waals surface area (Å²) in [6.07, 6.45) is 1.89. The molecule has 0 saturated carbocycles. The van der Waals surface area contributed by atoms with E-state index in [2.05, 4.69) is 4.98 Å². The molecule has 2 N–H and O–H groups in total. The van der Waals surface area contributed by atoms with Crippen LogP contribution in [0.3, 0.4) is 0 Å². The van der Waals surface area contributed by atoms with Crippen molar-refractivity contribution in [3.63, 3.8) is 0 Å². The van der Waals surface area contributed by atoms with Gasteiger partial charge in [-0.25, -0.2) is 9.78 Å². The Bertz CT molecular complexity index is 290. The summed E-state index contributed by atoms with van der Waals surface area (Å²) < 4.78 is 0. The molecule has 0 saturated heterocycles. The number of carboxylic acids is 1. The van der Waals surface area contributed by atoms with Crippen LogP contribution in [0.1, 0.15) is 16.1 Å². The maximum atomic E-state index is 10.4. The molecule has 5 heteroatoms. The minimum absolute atomic E-state index is 0. The van der Waals surface area contributed by atoms with Crippen molar-refractivity contribution in [1.29, 1.82) is 0 Å². The third-order valence-corrected chi connectivity index (χ3v) is 1.44. The molecular formula is C8H9NO3Zn. The summed E-state index contributed by atoms with van der Waals surface area (Å²) in [6.45, 7) is 0.0169. The molecular weight excluding hydrogens is 223 g/mol. The Hall–Kier alpha value is -0.797. The first kappa shape index (κ1) is 12.2. The fourth-order valence-electron chi connectivity index (χ4n) is 0.876. The first-order chi connectivity index (χ1) is 5.74. The van der Waals surface area contributed by atoms with E-state index in [0.29, 0.717) is 6.42 Å². The first-order valence-electron chi connectivity index (χ1n) is 3.53. The second-order valence-electron chi connectivity index (χ2n) is 2.33. The van der Waals surface area contributed by atoms with Gasteiger partial charge in [0.1, 0.15) is 5.69 Å². The van der Waals surface area contributed by atoms with E-state index in [1.165, 1.54) is 12.3 Å². The monoisotopic (exact) mass is 231 g/mol. The number of aromatic nitrogens is 1. The van der Waals surface area contributed by atoms with Crippen LogP contribution < -0.4 is 0 Å². The Morgan fingerprint density at radius 2 is 2.23 bits per heavy atom. The van der Waals surface area contributed by atoms with E-state index in [1.807, 2.05) is 0 Å². The molecule has 0 amide bonds. The van der Waals surface area contributed by atoms with Crippen LogP contribution in [0.25, 0.3) is 0 Å². The van der Waals surface area contributed by atoms with Gasteiger partial charge < -0.3 is 10.2 Å². The summed E-state index contributed by atoms with van der Waals surface area (Å²) in [5.74, 6) is -1.05. The zero-order valence-electron chi connectivity index (χ0n) is 7.10. The van der Waals surface area contributed by atoms with E-state index < -0.39 is 5.97 Å². The molecule has 1 heterocycles. The van der Waals surface area contributed by atoms with Crippen molar-refractivity contribution in [3.05, 3.63) is 29.6 Å². The van der Waals surface area contributed by atoms with Crippen LogP contribution in [0, 0.1) is 0 Å². The molecule has 66 valence electrons. The van der Waals surface area contributed by atoms with E-state index >= 15 is 0 Å². The van der Waals surface area contributed by atoms with Gasteiger partial charge in [-0.3, -0.25) is 0 Å². The summed E-state index contributed by atoms with van der Waals surface area (Å²) in [7, 11) is 0. The van der Waals surface area contributed by atoms with Gasteiger partial charge in [0, 0.05) is 32.3 Å². The van der Waals surface area contributed by atoms with E-state index in [9.17, 15) is 4.79 Å². The molecule has 0 spiro atoms. The van der Waals surface area contributed by atoms with Crippen molar-refractivity contribution in [3.8, 4) is 0 Å². The molecule has 0 aliphatic carbocycles. The zero-order valence-corrected chi connectivity index (χ0v) is 10.1. The maximum Gasteiger partial charge on any atom is 0.354 e. The van der Waals surface area contributed by atoms with E-state index in [4.69, 9.17) is 10.2 Å². The van der Waals surface area contributed by atoms with Crippen LogP contribution in [0.4, 0.5) is 0 Å². The van der Waals surface area contributed by atoms with Crippen molar-refractivity contribution in [2.45, 2.75) is 6.42 Å². The van der Waals surface area contributed by atoms with Gasteiger partial charge in [-0.2, -0.15) is 0 Å². The summed E-state index contributed by atoms with van der Waals surface area (Å²) in [5, 5.41) is 17.1. The largest absolute Gasteiger partial charge is 0.477 e. The molecule has 0 atom stereocenters. The number of aromatic carboxylic acids is 1. The molecule has 0 unspecified atom stereocenters. The van der Waals surface area contributed by atoms with Crippen LogP contribution in [0.5, 0.6) is 0 Å². The predicted molar refractivity (Wildman–Crippen MR) is 42.0 cm³/mol. The van der Waals surface area contributed by atoms with Crippen LogP contribution >= 0.6 is 0 Å². The topological polar surface area (TPSA) is 70.4 Å². The van der Waals surface area contributed by atoms with Crippen molar-refractivity contribution < 1.29 is 34.5 Å². The Labute approximate surface area is 88.4 Å². The van der Waals surface area contributed by atoms with Crippen LogP contribution in [-0.2, 0) is 25.9 Å². The average molecular weight is 233 g/mol. The van der Waals surface area contributed by atoms with Gasteiger partial charge in [-0.15, -0.1) is 0 Å². The second kappa shape index (κ2) is 5.78. The Balaban J connectivity index is 0.00000144. The van der Waals surface area contributed by atoms with E-state index in [1.54, 1.807) is 6.07 Å². The summed E-state index contributed by atoms with van der Waals surface area (Å²) in [5.41, 5.74) is 0.797. The van der Waals surface area contributed by atoms with Gasteiger partial charge in [0.2, 0.25) is 0 Å². The van der Waals surface area contributed by atoms with Gasteiger partial charge in [0.05, 0.1) is 0 Å². The summed E-state index contributed by atoms with van der Waals surface area (Å²) in [4.78, 5) is 14.1. The fourth-order valence-corrected chi connectivity index (χ4v) is 0.876. The van der Waals surface area contributed by atoms with Gasteiger partial charge in [0.25, 0.3) is 0 Å². The molecule has 1 aromatic heterocycles. The second-order valence-corrected chi connectivity index (χ2v) is 2.33. The number of carboxylic acid groups (broad SMARTS) is 1. The summed E-state index contributed by atoms with van der Waals surface area (Å²) >= 11 is 0. The Morgan fingerprint density at radius 1 is 1.54 bits per heavy atom. The molecule has 1 aromatic rings. The Morgan fingerprint density at radius 3 is 2.77 bits per heavy atom. The molecule has 0 aromatic carbocycles. The molecule has 0 aliphatic heterocycles. The minimum Gasteiger partial charge on any atom is -0.477 e. The molecule has 13 heavy (non-hydrogen) atoms. The molecule has 0 bridgehead atoms. The molecule has 1 rings (SSSR count). The smallest absolute Gasteiger partial charge is 0.354 e. The van der Waals surface area contributed by atoms with Crippen molar-refractivity contribution in [2.24, 2.45) is 0 Å². The number of pyridine rings is 1. The summed E-state index contributed by atoms with van der Waals surface area (Å²) in [6, 6.07) is 3.14. The average Bonchev–Trinajstić information content (AvgIpc) is 2.05. The predicted octanol–water partition coefficient (Wildman–Crippen LogP) is 0.312. The third-order valence-electron chi connectivity index (χ3n) is 1.44. The number of nitrogens with zero attached hydrogens (tertiary/aromatic N) is 1. The molecule has 4 nitrogen and oxygen atoms in total. The maximum absolute atomic E-state index is 10.4. The fraction of sp³-hybridized carbons (Fsp3) is 0.250. The number of carbonyl (C=O) groups is 1. The number of rotatable bonds is 3. The molecule has 0 fully saturated rings. The van der Waals surface area contributed by atoms with Crippen LogP contribution in [0.15, 0.2) is 18.3 Å². The quantitative estimate of drug-likeness (QED) is 0.736. The van der Waals surface area contributed by atoms with E-state index in [-0.39, 0.29) is 31.8 Å². The minimum atomic E-state index is -1.05. The zero-order chi connectivity index (χ0) is 8.97. The normalized spacial score (nSPS) is 9.00. The van der Waals surface area contributed by atoms with Crippen LogP contribution in [0.2, 0.25) is 0 Å². The van der Waals surface area contributed by atoms with Gasteiger partial charge in [-0.1, -0.05) is 0 Å². The molecule has 0 radical (unpaired) electrons. The number of hydrogen-bond donors (Lipinski definition) is 2.